The number of hydrogen-bond acceptors (Lipinski definition) is 5. The number of hydrogen-bond donors (Lipinski definition) is 0. The first-order valence-electron chi connectivity index (χ1n) is 5.33. The molecule has 1 atom stereocenters. The van der Waals surface area contributed by atoms with Crippen LogP contribution in [0.5, 0.6) is 0 Å². The maximum atomic E-state index is 11.2. The van der Waals surface area contributed by atoms with E-state index < -0.39 is 0 Å². The van der Waals surface area contributed by atoms with E-state index in [4.69, 9.17) is 0 Å². The van der Waals surface area contributed by atoms with Crippen LogP contribution in [-0.4, -0.2) is 31.7 Å². The first-order chi connectivity index (χ1) is 7.58. The highest BCUT2D eigenvalue weighted by atomic mass is 32.1. The number of thiazole rings is 1. The minimum atomic E-state index is -0.376. The maximum absolute atomic E-state index is 11.2. The normalized spacial score (nSPS) is 12.2. The predicted octanol–water partition coefficient (Wildman–Crippen LogP) is 2.41. The molecule has 90 valence electrons. The number of carbonyl (C=O) groups is 1. The number of rotatable bonds is 5. The Morgan fingerprint density at radius 1 is 1.69 bits per heavy atom. The third-order valence-corrected chi connectivity index (χ3v) is 3.45. The molecule has 16 heavy (non-hydrogen) atoms. The van der Waals surface area contributed by atoms with Gasteiger partial charge in [0.1, 0.15) is 0 Å². The molecule has 0 aliphatic heterocycles. The van der Waals surface area contributed by atoms with Crippen LogP contribution < -0.4 is 4.90 Å². The van der Waals surface area contributed by atoms with E-state index in [9.17, 15) is 4.79 Å². The highest BCUT2D eigenvalue weighted by molar-refractivity contribution is 7.13. The van der Waals surface area contributed by atoms with Crippen LogP contribution in [-0.2, 0) is 4.74 Å². The second kappa shape index (κ2) is 5.84. The molecular formula is C11H18N2O2S. The summed E-state index contributed by atoms with van der Waals surface area (Å²) in [5, 5.41) is 2.59. The van der Waals surface area contributed by atoms with Gasteiger partial charge in [-0.25, -0.2) is 9.78 Å². The zero-order chi connectivity index (χ0) is 12.1. The number of ether oxygens (including phenoxy) is 1. The summed E-state index contributed by atoms with van der Waals surface area (Å²) in [6.45, 7) is 5.32. The van der Waals surface area contributed by atoms with Crippen molar-refractivity contribution in [3.8, 4) is 0 Å². The third kappa shape index (κ3) is 3.20. The Morgan fingerprint density at radius 3 is 2.94 bits per heavy atom. The first-order valence-corrected chi connectivity index (χ1v) is 6.21. The molecule has 0 bridgehead atoms. The zero-order valence-corrected chi connectivity index (χ0v) is 11.0. The number of nitrogens with zero attached hydrogens (tertiary/aromatic N) is 2. The highest BCUT2D eigenvalue weighted by Gasteiger charge is 2.14. The van der Waals surface area contributed by atoms with Gasteiger partial charge in [0.15, 0.2) is 10.8 Å². The molecule has 5 heteroatoms. The quantitative estimate of drug-likeness (QED) is 0.744. The molecule has 0 saturated carbocycles. The van der Waals surface area contributed by atoms with Gasteiger partial charge in [-0.2, -0.15) is 0 Å². The summed E-state index contributed by atoms with van der Waals surface area (Å²) in [6.07, 6.45) is 1.14. The number of aromatic nitrogens is 1. The van der Waals surface area contributed by atoms with E-state index in [0.717, 1.165) is 18.1 Å². The van der Waals surface area contributed by atoms with Crippen molar-refractivity contribution in [2.24, 2.45) is 5.92 Å². The fourth-order valence-electron chi connectivity index (χ4n) is 1.31. The van der Waals surface area contributed by atoms with Crippen LogP contribution in [0, 0.1) is 5.92 Å². The molecule has 0 aliphatic carbocycles. The van der Waals surface area contributed by atoms with Crippen LogP contribution in [0.15, 0.2) is 5.38 Å². The van der Waals surface area contributed by atoms with Crippen LogP contribution in [0.4, 0.5) is 5.13 Å². The average Bonchev–Trinajstić information content (AvgIpc) is 2.77. The predicted molar refractivity (Wildman–Crippen MR) is 66.2 cm³/mol. The van der Waals surface area contributed by atoms with Crippen LogP contribution >= 0.6 is 11.3 Å². The second-order valence-corrected chi connectivity index (χ2v) is 4.74. The lowest BCUT2D eigenvalue weighted by Gasteiger charge is -2.19. The average molecular weight is 242 g/mol. The molecule has 1 aromatic heterocycles. The smallest absolute Gasteiger partial charge is 0.357 e. The maximum Gasteiger partial charge on any atom is 0.357 e. The Hall–Kier alpha value is -1.10. The molecule has 1 unspecified atom stereocenters. The molecular weight excluding hydrogens is 224 g/mol. The van der Waals surface area contributed by atoms with Crippen molar-refractivity contribution in [2.45, 2.75) is 20.3 Å². The number of methoxy groups -OCH3 is 1. The van der Waals surface area contributed by atoms with Crippen molar-refractivity contribution in [3.63, 3.8) is 0 Å². The van der Waals surface area contributed by atoms with Crippen LogP contribution in [0.1, 0.15) is 30.8 Å². The largest absolute Gasteiger partial charge is 0.464 e. The summed E-state index contributed by atoms with van der Waals surface area (Å²) < 4.78 is 4.62. The SMILES string of the molecule is CCC(C)CN(C)c1nc(C(=O)OC)cs1. The van der Waals surface area contributed by atoms with E-state index in [0.29, 0.717) is 11.6 Å². The van der Waals surface area contributed by atoms with Crippen LogP contribution in [0.3, 0.4) is 0 Å². The second-order valence-electron chi connectivity index (χ2n) is 3.90. The number of esters is 1. The standard InChI is InChI=1S/C11H18N2O2S/c1-5-8(2)6-13(3)11-12-9(7-16-11)10(14)15-4/h7-8H,5-6H2,1-4H3. The minimum Gasteiger partial charge on any atom is -0.464 e. The highest BCUT2D eigenvalue weighted by Crippen LogP contribution is 2.21. The number of carbonyl (C=O) groups excluding carboxylic acids is 1. The van der Waals surface area contributed by atoms with E-state index in [-0.39, 0.29) is 5.97 Å². The van der Waals surface area contributed by atoms with E-state index in [1.54, 1.807) is 5.38 Å². The molecule has 0 aromatic carbocycles. The van der Waals surface area contributed by atoms with Gasteiger partial charge in [-0.15, -0.1) is 11.3 Å². The van der Waals surface area contributed by atoms with Crippen LogP contribution in [0.2, 0.25) is 0 Å². The van der Waals surface area contributed by atoms with Crippen molar-refractivity contribution in [1.82, 2.24) is 4.98 Å². The van der Waals surface area contributed by atoms with Crippen molar-refractivity contribution in [2.75, 3.05) is 25.6 Å². The monoisotopic (exact) mass is 242 g/mol. The van der Waals surface area contributed by atoms with Crippen molar-refractivity contribution in [1.29, 1.82) is 0 Å². The molecule has 1 rings (SSSR count). The van der Waals surface area contributed by atoms with Gasteiger partial charge >= 0.3 is 5.97 Å². The summed E-state index contributed by atoms with van der Waals surface area (Å²) in [5.74, 6) is 0.245. The van der Waals surface area contributed by atoms with Gasteiger partial charge in [-0.1, -0.05) is 20.3 Å². The molecule has 0 spiro atoms. The lowest BCUT2D eigenvalue weighted by atomic mass is 10.1. The van der Waals surface area contributed by atoms with E-state index in [1.165, 1.54) is 18.4 Å². The molecule has 0 radical (unpaired) electrons. The lowest BCUT2D eigenvalue weighted by molar-refractivity contribution is 0.0595. The van der Waals surface area contributed by atoms with E-state index in [2.05, 4.69) is 28.5 Å². The Kier molecular flexibility index (Phi) is 4.73. The fraction of sp³-hybridized carbons (Fsp3) is 0.636. The molecule has 4 nitrogen and oxygen atoms in total. The minimum absolute atomic E-state index is 0.376. The van der Waals surface area contributed by atoms with Crippen LogP contribution in [0.25, 0.3) is 0 Å². The summed E-state index contributed by atoms with van der Waals surface area (Å²) in [7, 11) is 3.36. The number of anilines is 1. The van der Waals surface area contributed by atoms with Gasteiger partial charge in [-0.3, -0.25) is 0 Å². The summed E-state index contributed by atoms with van der Waals surface area (Å²) in [5.41, 5.74) is 0.388. The van der Waals surface area contributed by atoms with Crippen molar-refractivity contribution < 1.29 is 9.53 Å². The Balaban J connectivity index is 2.66. The molecule has 0 fully saturated rings. The summed E-state index contributed by atoms with van der Waals surface area (Å²) in [6, 6.07) is 0. The van der Waals surface area contributed by atoms with Crippen molar-refractivity contribution >= 4 is 22.4 Å². The zero-order valence-electron chi connectivity index (χ0n) is 10.2. The third-order valence-electron chi connectivity index (χ3n) is 2.50. The van der Waals surface area contributed by atoms with Gasteiger partial charge < -0.3 is 9.64 Å². The Bertz CT molecular complexity index is 352. The fourth-order valence-corrected chi connectivity index (χ4v) is 2.08. The van der Waals surface area contributed by atoms with Crippen molar-refractivity contribution in [3.05, 3.63) is 11.1 Å². The summed E-state index contributed by atoms with van der Waals surface area (Å²) >= 11 is 1.47. The summed E-state index contributed by atoms with van der Waals surface area (Å²) in [4.78, 5) is 17.5. The van der Waals surface area contributed by atoms with Gasteiger partial charge in [0.05, 0.1) is 7.11 Å². The first kappa shape index (κ1) is 13.0. The van der Waals surface area contributed by atoms with Gasteiger partial charge in [0.2, 0.25) is 0 Å². The Morgan fingerprint density at radius 2 is 2.38 bits per heavy atom. The molecule has 1 heterocycles. The van der Waals surface area contributed by atoms with Gasteiger partial charge in [-0.05, 0) is 5.92 Å². The molecule has 0 saturated heterocycles. The van der Waals surface area contributed by atoms with Gasteiger partial charge in [0.25, 0.3) is 0 Å². The topological polar surface area (TPSA) is 42.4 Å². The van der Waals surface area contributed by atoms with E-state index >= 15 is 0 Å². The van der Waals surface area contributed by atoms with Gasteiger partial charge in [0, 0.05) is 19.0 Å². The molecule has 1 aromatic rings. The van der Waals surface area contributed by atoms with E-state index in [1.807, 2.05) is 7.05 Å². The Labute approximate surface area is 100 Å². The molecule has 0 N–H and O–H groups in total. The molecule has 0 aliphatic rings. The molecule has 0 amide bonds. The lowest BCUT2D eigenvalue weighted by Crippen LogP contribution is -2.23.